The maximum Gasteiger partial charge on any atom is 0.408 e. The fourth-order valence-electron chi connectivity index (χ4n) is 6.26. The van der Waals surface area contributed by atoms with Gasteiger partial charge >= 0.3 is 12.3 Å². The molecule has 11 heteroatoms. The summed E-state index contributed by atoms with van der Waals surface area (Å²) >= 11 is 12.3. The second kappa shape index (κ2) is 13.4. The smallest absolute Gasteiger partial charge is 0.408 e. The minimum absolute atomic E-state index is 0.0159. The number of benzene rings is 3. The van der Waals surface area contributed by atoms with Crippen LogP contribution < -0.4 is 5.32 Å². The first kappa shape index (κ1) is 32.1. The summed E-state index contributed by atoms with van der Waals surface area (Å²) in [6, 6.07) is 20.4. The van der Waals surface area contributed by atoms with E-state index in [1.807, 2.05) is 58.7 Å². The van der Waals surface area contributed by atoms with Crippen molar-refractivity contribution in [2.45, 2.75) is 50.4 Å². The van der Waals surface area contributed by atoms with Gasteiger partial charge in [-0.2, -0.15) is 13.2 Å². The average molecular weight is 649 g/mol. The molecule has 3 aromatic rings. The first-order chi connectivity index (χ1) is 21.0. The Bertz CT molecular complexity index is 1470. The number of fused-ring (bicyclic) bond motifs is 3. The number of carbonyl (C=O) groups excluding carboxylic acids is 2. The highest BCUT2D eigenvalue weighted by molar-refractivity contribution is 6.35. The van der Waals surface area contributed by atoms with Crippen molar-refractivity contribution >= 4 is 35.2 Å². The van der Waals surface area contributed by atoms with E-state index in [9.17, 15) is 22.8 Å². The number of hydrogen-bond acceptors (Lipinski definition) is 4. The van der Waals surface area contributed by atoms with Crippen molar-refractivity contribution in [3.8, 4) is 11.1 Å². The first-order valence-corrected chi connectivity index (χ1v) is 15.4. The van der Waals surface area contributed by atoms with Crippen molar-refractivity contribution in [1.29, 1.82) is 0 Å². The van der Waals surface area contributed by atoms with E-state index in [1.165, 1.54) is 0 Å². The second-order valence-electron chi connectivity index (χ2n) is 11.4. The quantitative estimate of drug-likeness (QED) is 0.245. The van der Waals surface area contributed by atoms with Crippen LogP contribution in [0.5, 0.6) is 0 Å². The van der Waals surface area contributed by atoms with Crippen LogP contribution in [-0.2, 0) is 21.6 Å². The molecule has 5 rings (SSSR count). The lowest BCUT2D eigenvalue weighted by molar-refractivity contribution is -0.133. The average Bonchev–Trinajstić information content (AvgIpc) is 3.25. The Morgan fingerprint density at radius 3 is 2.25 bits per heavy atom. The molecule has 0 radical (unpaired) electrons. The molecule has 1 N–H and O–H groups in total. The third-order valence-corrected chi connectivity index (χ3v) is 9.00. The highest BCUT2D eigenvalue weighted by atomic mass is 35.5. The standard InChI is InChI=1S/C33H34Cl2F3N3O3/c1-22-20-41(30(42)18-23-12-13-24(34)19-29(23)35)17-16-40(22)15-7-6-14-32(44-31(43)39-21-33(36,37)38)27-10-4-2-8-25(27)26-9-3-5-11-28(26)32/h2-5,8-13,19,22H,6-7,14-18,20-21H2,1H3,(H,39,43)/t22-/m0/s1. The molecular formula is C33H34Cl2F3N3O3. The molecule has 44 heavy (non-hydrogen) atoms. The highest BCUT2D eigenvalue weighted by Gasteiger charge is 2.46. The number of halogens is 5. The molecule has 234 valence electrons. The SMILES string of the molecule is C[C@H]1CN(C(=O)Cc2ccc(Cl)cc2Cl)CCN1CCCCC1(OC(=O)NCC(F)(F)F)c2ccccc2-c2ccccc21. The Labute approximate surface area is 265 Å². The number of amides is 2. The first-order valence-electron chi connectivity index (χ1n) is 14.7. The number of alkyl halides is 3. The van der Waals surface area contributed by atoms with E-state index >= 15 is 0 Å². The van der Waals surface area contributed by atoms with Crippen molar-refractivity contribution < 1.29 is 27.5 Å². The summed E-state index contributed by atoms with van der Waals surface area (Å²) in [5.41, 5.74) is 2.88. The normalized spacial score (nSPS) is 17.6. The number of alkyl carbamates (subject to hydrolysis) is 1. The molecule has 1 fully saturated rings. The van der Waals surface area contributed by atoms with E-state index in [-0.39, 0.29) is 18.4 Å². The Morgan fingerprint density at radius 1 is 0.977 bits per heavy atom. The van der Waals surface area contributed by atoms with E-state index in [2.05, 4.69) is 11.8 Å². The van der Waals surface area contributed by atoms with Gasteiger partial charge in [0.15, 0.2) is 5.60 Å². The van der Waals surface area contributed by atoms with Crippen molar-refractivity contribution in [2.75, 3.05) is 32.7 Å². The van der Waals surface area contributed by atoms with E-state index in [4.69, 9.17) is 27.9 Å². The Balaban J connectivity index is 1.22. The zero-order valence-corrected chi connectivity index (χ0v) is 25.8. The lowest BCUT2D eigenvalue weighted by atomic mass is 9.86. The van der Waals surface area contributed by atoms with Gasteiger partial charge in [-0.15, -0.1) is 0 Å². The van der Waals surface area contributed by atoms with Crippen LogP contribution in [0.25, 0.3) is 11.1 Å². The zero-order valence-electron chi connectivity index (χ0n) is 24.3. The lowest BCUT2D eigenvalue weighted by Crippen LogP contribution is -2.54. The number of piperazine rings is 1. The van der Waals surface area contributed by atoms with Gasteiger partial charge in [-0.1, -0.05) is 77.8 Å². The number of unbranched alkanes of at least 4 members (excludes halogenated alkanes) is 1. The summed E-state index contributed by atoms with van der Waals surface area (Å²) < 4.78 is 44.5. The van der Waals surface area contributed by atoms with E-state index in [0.717, 1.165) is 40.8 Å². The van der Waals surface area contributed by atoms with Crippen LogP contribution in [0.15, 0.2) is 66.7 Å². The molecule has 1 heterocycles. The van der Waals surface area contributed by atoms with Crippen LogP contribution in [-0.4, -0.2) is 66.7 Å². The van der Waals surface area contributed by atoms with Gasteiger partial charge in [-0.3, -0.25) is 9.69 Å². The van der Waals surface area contributed by atoms with E-state index in [1.54, 1.807) is 18.2 Å². The number of hydrogen-bond donors (Lipinski definition) is 1. The molecular weight excluding hydrogens is 614 g/mol. The largest absolute Gasteiger partial charge is 0.433 e. The van der Waals surface area contributed by atoms with Crippen molar-refractivity contribution in [2.24, 2.45) is 0 Å². The number of rotatable bonds is 9. The van der Waals surface area contributed by atoms with Crippen LogP contribution in [0.2, 0.25) is 10.0 Å². The molecule has 1 aliphatic carbocycles. The molecule has 0 aromatic heterocycles. The van der Waals surface area contributed by atoms with Gasteiger partial charge in [0.1, 0.15) is 6.54 Å². The monoisotopic (exact) mass is 647 g/mol. The van der Waals surface area contributed by atoms with Gasteiger partial charge in [0.05, 0.1) is 6.42 Å². The Hall–Kier alpha value is -3.27. The summed E-state index contributed by atoms with van der Waals surface area (Å²) in [6.45, 7) is 3.30. The Kier molecular flexibility index (Phi) is 9.77. The fraction of sp³-hybridized carbons (Fsp3) is 0.394. The minimum atomic E-state index is -4.55. The van der Waals surface area contributed by atoms with Crippen molar-refractivity contribution in [1.82, 2.24) is 15.1 Å². The molecule has 6 nitrogen and oxygen atoms in total. The second-order valence-corrected chi connectivity index (χ2v) is 12.2. The molecule has 3 aromatic carbocycles. The Morgan fingerprint density at radius 2 is 1.64 bits per heavy atom. The topological polar surface area (TPSA) is 61.9 Å². The third kappa shape index (κ3) is 7.16. The fourth-order valence-corrected chi connectivity index (χ4v) is 6.74. The van der Waals surface area contributed by atoms with Gasteiger partial charge in [0.2, 0.25) is 5.91 Å². The van der Waals surface area contributed by atoms with E-state index in [0.29, 0.717) is 42.5 Å². The number of nitrogens with one attached hydrogen (secondary N) is 1. The molecule has 0 saturated carbocycles. The van der Waals surface area contributed by atoms with Gasteiger partial charge in [-0.25, -0.2) is 4.79 Å². The number of nitrogens with zero attached hydrogens (tertiary/aromatic N) is 2. The molecule has 1 aliphatic heterocycles. The molecule has 2 aliphatic rings. The molecule has 2 amide bonds. The third-order valence-electron chi connectivity index (χ3n) is 8.41. The van der Waals surface area contributed by atoms with Crippen LogP contribution in [0, 0.1) is 0 Å². The van der Waals surface area contributed by atoms with E-state index < -0.39 is 24.4 Å². The van der Waals surface area contributed by atoms with Crippen molar-refractivity contribution in [3.63, 3.8) is 0 Å². The molecule has 1 saturated heterocycles. The maximum atomic E-state index is 13.0. The molecule has 0 spiro atoms. The number of carbonyl (C=O) groups is 2. The summed E-state index contributed by atoms with van der Waals surface area (Å²) in [6.07, 6.45) is -3.59. The summed E-state index contributed by atoms with van der Waals surface area (Å²) in [7, 11) is 0. The summed E-state index contributed by atoms with van der Waals surface area (Å²) in [5, 5.41) is 2.88. The summed E-state index contributed by atoms with van der Waals surface area (Å²) in [5.74, 6) is 0.0159. The van der Waals surface area contributed by atoms with Crippen LogP contribution in [0.4, 0.5) is 18.0 Å². The van der Waals surface area contributed by atoms with Crippen molar-refractivity contribution in [3.05, 3.63) is 93.5 Å². The highest BCUT2D eigenvalue weighted by Crippen LogP contribution is 2.52. The predicted molar refractivity (Wildman–Crippen MR) is 165 cm³/mol. The lowest BCUT2D eigenvalue weighted by Gasteiger charge is -2.40. The van der Waals surface area contributed by atoms with Gasteiger partial charge in [0, 0.05) is 46.8 Å². The van der Waals surface area contributed by atoms with Crippen LogP contribution >= 0.6 is 23.2 Å². The van der Waals surface area contributed by atoms with Crippen LogP contribution in [0.3, 0.4) is 0 Å². The zero-order chi connectivity index (χ0) is 31.5. The van der Waals surface area contributed by atoms with Crippen LogP contribution in [0.1, 0.15) is 42.9 Å². The predicted octanol–water partition coefficient (Wildman–Crippen LogP) is 7.45. The van der Waals surface area contributed by atoms with Gasteiger partial charge in [0.25, 0.3) is 0 Å². The maximum absolute atomic E-state index is 13.0. The van der Waals surface area contributed by atoms with Gasteiger partial charge in [-0.05, 0) is 61.6 Å². The number of ether oxygens (including phenoxy) is 1. The molecule has 0 bridgehead atoms. The molecule has 0 unspecified atom stereocenters. The summed E-state index contributed by atoms with van der Waals surface area (Å²) in [4.78, 5) is 29.9. The molecule has 1 atom stereocenters. The minimum Gasteiger partial charge on any atom is -0.433 e. The van der Waals surface area contributed by atoms with Gasteiger partial charge < -0.3 is 15.0 Å².